The molecule has 2 aromatic rings. The largest absolute Gasteiger partial charge is 0.497 e. The van der Waals surface area contributed by atoms with Crippen molar-refractivity contribution in [3.63, 3.8) is 0 Å². The Morgan fingerprint density at radius 2 is 1.70 bits per heavy atom. The lowest BCUT2D eigenvalue weighted by Crippen LogP contribution is -2.42. The Morgan fingerprint density at radius 3 is 2.47 bits per heavy atom. The van der Waals surface area contributed by atoms with Gasteiger partial charge in [-0.05, 0) is 65.8 Å². The van der Waals surface area contributed by atoms with Crippen LogP contribution in [0.2, 0.25) is 0 Å². The highest BCUT2D eigenvalue weighted by Crippen LogP contribution is 2.57. The number of methoxy groups -OCH3 is 1. The minimum absolute atomic E-state index is 0.0514. The summed E-state index contributed by atoms with van der Waals surface area (Å²) in [5.41, 5.74) is 4.98. The molecule has 2 amide bonds. The van der Waals surface area contributed by atoms with E-state index in [-0.39, 0.29) is 43.2 Å². The number of nitrogens with one attached hydrogen (secondary N) is 1. The molecule has 3 aliphatic heterocycles. The Hall–Kier alpha value is -3.41. The minimum atomic E-state index is -4.07. The van der Waals surface area contributed by atoms with Crippen LogP contribution in [-0.4, -0.2) is 83.5 Å². The number of amides is 2. The quantitative estimate of drug-likeness (QED) is 0.554. The van der Waals surface area contributed by atoms with E-state index in [0.29, 0.717) is 24.6 Å². The Morgan fingerprint density at radius 1 is 0.953 bits per heavy atom. The highest BCUT2D eigenvalue weighted by Gasteiger charge is 2.46. The number of carbonyl (C=O) groups is 2. The molecule has 6 rings (SSSR count). The molecule has 0 saturated heterocycles. The zero-order valence-electron chi connectivity index (χ0n) is 25.0. The van der Waals surface area contributed by atoms with Gasteiger partial charge in [0.25, 0.3) is 11.8 Å². The molecular weight excluding hydrogens is 568 g/mol. The SMILES string of the molecule is COc1ccc2c(c1)C=C1CN3c4cc(ccc4C(C4CCCCC4)C23)C(=O)NS(=O)(=O)N(C)CCOCCN(C)C1=O. The van der Waals surface area contributed by atoms with Crippen molar-refractivity contribution < 1.29 is 27.5 Å². The maximum Gasteiger partial charge on any atom is 0.303 e. The molecule has 2 atom stereocenters. The first-order valence-corrected chi connectivity index (χ1v) is 16.5. The Balaban J connectivity index is 1.52. The number of nitrogens with zero attached hydrogens (tertiary/aromatic N) is 3. The maximum absolute atomic E-state index is 13.9. The molecule has 1 N–H and O–H groups in total. The lowest BCUT2D eigenvalue weighted by atomic mass is 9.73. The minimum Gasteiger partial charge on any atom is -0.497 e. The fraction of sp³-hybridized carbons (Fsp3) is 0.500. The van der Waals surface area contributed by atoms with Crippen LogP contribution in [0.25, 0.3) is 6.08 Å². The number of anilines is 1. The van der Waals surface area contributed by atoms with Gasteiger partial charge < -0.3 is 19.3 Å². The number of carbonyl (C=O) groups excluding carboxylic acids is 2. The molecule has 2 aromatic carbocycles. The average Bonchev–Trinajstić information content (AvgIpc) is 3.22. The molecule has 2 unspecified atom stereocenters. The van der Waals surface area contributed by atoms with E-state index >= 15 is 0 Å². The van der Waals surface area contributed by atoms with Crippen molar-refractivity contribution in [2.75, 3.05) is 59.0 Å². The van der Waals surface area contributed by atoms with Gasteiger partial charge in [0, 0.05) is 56.5 Å². The molecule has 4 bridgehead atoms. The number of rotatable bonds is 2. The Kier molecular flexibility index (Phi) is 8.23. The van der Waals surface area contributed by atoms with Crippen molar-refractivity contribution in [3.8, 4) is 5.75 Å². The Labute approximate surface area is 253 Å². The van der Waals surface area contributed by atoms with E-state index in [4.69, 9.17) is 9.47 Å². The van der Waals surface area contributed by atoms with Gasteiger partial charge in [-0.2, -0.15) is 12.7 Å². The normalized spacial score (nSPS) is 25.0. The third kappa shape index (κ3) is 5.65. The van der Waals surface area contributed by atoms with Gasteiger partial charge in [-0.3, -0.25) is 9.59 Å². The number of fused-ring (bicyclic) bond motifs is 4. The summed E-state index contributed by atoms with van der Waals surface area (Å²) in [6.45, 7) is 1.14. The van der Waals surface area contributed by atoms with Crippen molar-refractivity contribution >= 4 is 33.8 Å². The zero-order valence-corrected chi connectivity index (χ0v) is 25.9. The molecule has 1 aliphatic carbocycles. The highest BCUT2D eigenvalue weighted by atomic mass is 32.2. The van der Waals surface area contributed by atoms with Crippen LogP contribution < -0.4 is 14.4 Å². The van der Waals surface area contributed by atoms with E-state index in [1.807, 2.05) is 24.3 Å². The van der Waals surface area contributed by atoms with E-state index in [2.05, 4.69) is 15.7 Å². The van der Waals surface area contributed by atoms with Gasteiger partial charge in [-0.1, -0.05) is 31.4 Å². The summed E-state index contributed by atoms with van der Waals surface area (Å²) in [5.74, 6) is 0.541. The van der Waals surface area contributed by atoms with Gasteiger partial charge in [-0.25, -0.2) is 4.72 Å². The molecule has 230 valence electrons. The maximum atomic E-state index is 13.9. The smallest absolute Gasteiger partial charge is 0.303 e. The second kappa shape index (κ2) is 11.9. The van der Waals surface area contributed by atoms with Crippen LogP contribution in [0.4, 0.5) is 5.69 Å². The van der Waals surface area contributed by atoms with Crippen molar-refractivity contribution in [2.45, 2.75) is 44.1 Å². The average molecular weight is 609 g/mol. The number of ether oxygens (including phenoxy) is 2. The van der Waals surface area contributed by atoms with E-state index in [0.717, 1.165) is 45.3 Å². The van der Waals surface area contributed by atoms with Crippen LogP contribution >= 0.6 is 0 Å². The topological polar surface area (TPSA) is 108 Å². The van der Waals surface area contributed by atoms with Gasteiger partial charge in [0.1, 0.15) is 5.75 Å². The highest BCUT2D eigenvalue weighted by molar-refractivity contribution is 7.87. The molecular formula is C32H40N4O6S. The third-order valence-corrected chi connectivity index (χ3v) is 10.9. The number of hydrogen-bond acceptors (Lipinski definition) is 7. The van der Waals surface area contributed by atoms with Gasteiger partial charge in [-0.15, -0.1) is 0 Å². The van der Waals surface area contributed by atoms with Gasteiger partial charge in [0.15, 0.2) is 0 Å². The summed E-state index contributed by atoms with van der Waals surface area (Å²) in [6.07, 6.45) is 7.82. The molecule has 11 heteroatoms. The standard InChI is InChI=1S/C32H40N4O6S/c1-34-13-15-42-16-14-35(2)43(39,40)33-31(37)22-9-11-27-28(19-22)36-20-24(32(34)38)17-23-18-25(41-3)10-12-26(23)30(36)29(27)21-7-5-4-6-8-21/h9-12,17-19,21,29-30H,4-8,13-16,20H2,1-3H3,(H,33,37). The third-order valence-electron chi connectivity index (χ3n) is 9.45. The monoisotopic (exact) mass is 608 g/mol. The van der Waals surface area contributed by atoms with Crippen molar-refractivity contribution in [1.29, 1.82) is 0 Å². The van der Waals surface area contributed by atoms with Gasteiger partial charge >= 0.3 is 10.2 Å². The summed E-state index contributed by atoms with van der Waals surface area (Å²) in [5, 5.41) is 0. The summed E-state index contributed by atoms with van der Waals surface area (Å²) in [6, 6.07) is 11.6. The number of benzene rings is 2. The molecule has 4 aliphatic rings. The molecule has 1 fully saturated rings. The fourth-order valence-electron chi connectivity index (χ4n) is 7.12. The summed E-state index contributed by atoms with van der Waals surface area (Å²) in [7, 11) is 0.732. The summed E-state index contributed by atoms with van der Waals surface area (Å²) < 4.78 is 40.4. The lowest BCUT2D eigenvalue weighted by Gasteiger charge is -2.36. The number of hydrogen-bond donors (Lipinski definition) is 1. The molecule has 10 nitrogen and oxygen atoms in total. The van der Waals surface area contributed by atoms with E-state index in [1.54, 1.807) is 31.2 Å². The van der Waals surface area contributed by atoms with Crippen molar-refractivity contribution in [3.05, 3.63) is 64.2 Å². The van der Waals surface area contributed by atoms with Crippen LogP contribution in [0.3, 0.4) is 0 Å². The van der Waals surface area contributed by atoms with E-state index in [1.165, 1.54) is 26.3 Å². The number of likely N-dealkylation sites (N-methyl/N-ethyl adjacent to an activating group) is 2. The first-order chi connectivity index (χ1) is 20.7. The van der Waals surface area contributed by atoms with E-state index in [9.17, 15) is 18.0 Å². The second-order valence-corrected chi connectivity index (χ2v) is 13.8. The molecule has 1 saturated carbocycles. The van der Waals surface area contributed by atoms with Crippen LogP contribution in [0.15, 0.2) is 42.0 Å². The van der Waals surface area contributed by atoms with Gasteiger partial charge in [0.05, 0.1) is 26.4 Å². The van der Waals surface area contributed by atoms with Crippen LogP contribution in [-0.2, 0) is 19.7 Å². The van der Waals surface area contributed by atoms with Crippen LogP contribution in [0.5, 0.6) is 5.75 Å². The molecule has 43 heavy (non-hydrogen) atoms. The first kappa shape index (κ1) is 29.7. The van der Waals surface area contributed by atoms with Crippen LogP contribution in [0, 0.1) is 5.92 Å². The lowest BCUT2D eigenvalue weighted by molar-refractivity contribution is -0.126. The molecule has 0 aromatic heterocycles. The second-order valence-electron chi connectivity index (χ2n) is 12.0. The predicted octanol–water partition coefficient (Wildman–Crippen LogP) is 3.71. The molecule has 3 heterocycles. The Bertz CT molecular complexity index is 1550. The van der Waals surface area contributed by atoms with Gasteiger partial charge in [0.2, 0.25) is 0 Å². The summed E-state index contributed by atoms with van der Waals surface area (Å²) >= 11 is 0. The van der Waals surface area contributed by atoms with Crippen LogP contribution in [0.1, 0.15) is 71.1 Å². The van der Waals surface area contributed by atoms with E-state index < -0.39 is 16.1 Å². The molecule has 0 radical (unpaired) electrons. The van der Waals surface area contributed by atoms with Crippen molar-refractivity contribution in [1.82, 2.24) is 13.9 Å². The first-order valence-electron chi connectivity index (χ1n) is 15.1. The zero-order chi connectivity index (χ0) is 30.3. The predicted molar refractivity (Wildman–Crippen MR) is 164 cm³/mol. The fourth-order valence-corrected chi connectivity index (χ4v) is 7.94. The summed E-state index contributed by atoms with van der Waals surface area (Å²) in [4.78, 5) is 31.2. The van der Waals surface area contributed by atoms with Crippen molar-refractivity contribution in [2.24, 2.45) is 5.92 Å². The molecule has 0 spiro atoms.